The molecule has 1 aliphatic rings. The summed E-state index contributed by atoms with van der Waals surface area (Å²) in [5.41, 5.74) is 5.80. The Morgan fingerprint density at radius 3 is 2.94 bits per heavy atom. The third-order valence-electron chi connectivity index (χ3n) is 3.42. The number of halogens is 1. The SMILES string of the molecule is NC(=O)c1ccc(CN2CCC[C@@H]2CO)c(F)c1. The van der Waals surface area contributed by atoms with Crippen LogP contribution in [0.2, 0.25) is 0 Å². The van der Waals surface area contributed by atoms with Crippen molar-refractivity contribution in [1.29, 1.82) is 0 Å². The molecule has 1 aromatic carbocycles. The smallest absolute Gasteiger partial charge is 0.248 e. The quantitative estimate of drug-likeness (QED) is 0.836. The first-order valence-electron chi connectivity index (χ1n) is 6.05. The zero-order chi connectivity index (χ0) is 13.1. The predicted octanol–water partition coefficient (Wildman–Crippen LogP) is 0.881. The summed E-state index contributed by atoms with van der Waals surface area (Å²) >= 11 is 0. The molecule has 98 valence electrons. The molecule has 0 spiro atoms. The van der Waals surface area contributed by atoms with E-state index in [1.807, 2.05) is 0 Å². The molecule has 0 radical (unpaired) electrons. The minimum atomic E-state index is -0.630. The van der Waals surface area contributed by atoms with Gasteiger partial charge < -0.3 is 10.8 Å². The highest BCUT2D eigenvalue weighted by Gasteiger charge is 2.24. The van der Waals surface area contributed by atoms with Gasteiger partial charge >= 0.3 is 0 Å². The molecule has 18 heavy (non-hydrogen) atoms. The van der Waals surface area contributed by atoms with Gasteiger partial charge in [0.25, 0.3) is 0 Å². The largest absolute Gasteiger partial charge is 0.395 e. The Bertz CT molecular complexity index is 451. The number of likely N-dealkylation sites (tertiary alicyclic amines) is 1. The van der Waals surface area contributed by atoms with Crippen molar-refractivity contribution in [1.82, 2.24) is 4.90 Å². The van der Waals surface area contributed by atoms with E-state index in [9.17, 15) is 14.3 Å². The molecule has 1 heterocycles. The molecule has 0 unspecified atom stereocenters. The molecule has 2 rings (SSSR count). The highest BCUT2D eigenvalue weighted by atomic mass is 19.1. The maximum absolute atomic E-state index is 13.8. The van der Waals surface area contributed by atoms with Crippen molar-refractivity contribution in [2.75, 3.05) is 13.2 Å². The van der Waals surface area contributed by atoms with Gasteiger partial charge in [0.2, 0.25) is 5.91 Å². The van der Waals surface area contributed by atoms with Crippen molar-refractivity contribution >= 4 is 5.91 Å². The fourth-order valence-electron chi connectivity index (χ4n) is 2.36. The zero-order valence-corrected chi connectivity index (χ0v) is 10.1. The Labute approximate surface area is 105 Å². The molecule has 4 nitrogen and oxygen atoms in total. The first kappa shape index (κ1) is 13.0. The van der Waals surface area contributed by atoms with E-state index in [2.05, 4.69) is 4.90 Å². The summed E-state index contributed by atoms with van der Waals surface area (Å²) in [7, 11) is 0. The third-order valence-corrected chi connectivity index (χ3v) is 3.42. The predicted molar refractivity (Wildman–Crippen MR) is 65.4 cm³/mol. The van der Waals surface area contributed by atoms with E-state index in [4.69, 9.17) is 5.73 Å². The number of rotatable bonds is 4. The number of carbonyl (C=O) groups is 1. The highest BCUT2D eigenvalue weighted by molar-refractivity contribution is 5.92. The summed E-state index contributed by atoms with van der Waals surface area (Å²) in [6.07, 6.45) is 1.96. The number of amides is 1. The molecule has 0 saturated carbocycles. The van der Waals surface area contributed by atoms with Crippen LogP contribution in [0.3, 0.4) is 0 Å². The number of hydrogen-bond acceptors (Lipinski definition) is 3. The van der Waals surface area contributed by atoms with Gasteiger partial charge in [-0.25, -0.2) is 4.39 Å². The van der Waals surface area contributed by atoms with Crippen LogP contribution in [0.4, 0.5) is 4.39 Å². The van der Waals surface area contributed by atoms with Gasteiger partial charge in [-0.3, -0.25) is 9.69 Å². The number of nitrogens with zero attached hydrogens (tertiary/aromatic N) is 1. The van der Waals surface area contributed by atoms with Crippen molar-refractivity contribution in [2.45, 2.75) is 25.4 Å². The minimum Gasteiger partial charge on any atom is -0.395 e. The summed E-state index contributed by atoms with van der Waals surface area (Å²) in [5, 5.41) is 9.20. The normalized spacial score (nSPS) is 20.2. The van der Waals surface area contributed by atoms with Crippen LogP contribution in [0.15, 0.2) is 18.2 Å². The molecular weight excluding hydrogens is 235 g/mol. The molecule has 0 aliphatic carbocycles. The van der Waals surface area contributed by atoms with Gasteiger partial charge in [0.1, 0.15) is 5.82 Å². The number of aliphatic hydroxyl groups excluding tert-OH is 1. The Morgan fingerprint density at radius 2 is 2.33 bits per heavy atom. The first-order valence-corrected chi connectivity index (χ1v) is 6.05. The number of aliphatic hydroxyl groups is 1. The summed E-state index contributed by atoms with van der Waals surface area (Å²) in [5.74, 6) is -1.05. The molecule has 1 saturated heterocycles. The van der Waals surface area contributed by atoms with E-state index in [0.717, 1.165) is 19.4 Å². The summed E-state index contributed by atoms with van der Waals surface area (Å²) in [6.45, 7) is 1.42. The summed E-state index contributed by atoms with van der Waals surface area (Å²) in [6, 6.07) is 4.40. The second-order valence-electron chi connectivity index (χ2n) is 4.62. The molecular formula is C13H17FN2O2. The molecule has 1 fully saturated rings. The fourth-order valence-corrected chi connectivity index (χ4v) is 2.36. The van der Waals surface area contributed by atoms with E-state index in [0.29, 0.717) is 12.1 Å². The molecule has 5 heteroatoms. The zero-order valence-electron chi connectivity index (χ0n) is 10.1. The van der Waals surface area contributed by atoms with Crippen LogP contribution in [0, 0.1) is 5.82 Å². The lowest BCUT2D eigenvalue weighted by Gasteiger charge is -2.22. The van der Waals surface area contributed by atoms with Gasteiger partial charge in [-0.2, -0.15) is 0 Å². The van der Waals surface area contributed by atoms with Crippen molar-refractivity contribution in [3.8, 4) is 0 Å². The van der Waals surface area contributed by atoms with Crippen LogP contribution in [-0.4, -0.2) is 35.1 Å². The second kappa shape index (κ2) is 5.46. The number of benzene rings is 1. The molecule has 3 N–H and O–H groups in total. The summed E-state index contributed by atoms with van der Waals surface area (Å²) in [4.78, 5) is 13.0. The van der Waals surface area contributed by atoms with Gasteiger partial charge in [-0.1, -0.05) is 6.07 Å². The molecule has 1 aromatic rings. The average Bonchev–Trinajstić information content (AvgIpc) is 2.78. The number of hydrogen-bond donors (Lipinski definition) is 2. The van der Waals surface area contributed by atoms with Crippen molar-refractivity contribution in [2.24, 2.45) is 5.73 Å². The number of carbonyl (C=O) groups excluding carboxylic acids is 1. The van der Waals surface area contributed by atoms with Gasteiger partial charge in [0.05, 0.1) is 6.61 Å². The van der Waals surface area contributed by atoms with Crippen LogP contribution >= 0.6 is 0 Å². The Morgan fingerprint density at radius 1 is 1.56 bits per heavy atom. The molecule has 1 aliphatic heterocycles. The van der Waals surface area contributed by atoms with Gasteiger partial charge in [0.15, 0.2) is 0 Å². The van der Waals surface area contributed by atoms with E-state index >= 15 is 0 Å². The van der Waals surface area contributed by atoms with E-state index in [-0.39, 0.29) is 18.2 Å². The molecule has 1 atom stereocenters. The Kier molecular flexibility index (Phi) is 3.93. The van der Waals surface area contributed by atoms with E-state index < -0.39 is 11.7 Å². The lowest BCUT2D eigenvalue weighted by molar-refractivity contribution is 0.1000. The monoisotopic (exact) mass is 252 g/mol. The molecule has 0 aromatic heterocycles. The lowest BCUT2D eigenvalue weighted by atomic mass is 10.1. The van der Waals surface area contributed by atoms with Gasteiger partial charge in [-0.05, 0) is 31.5 Å². The average molecular weight is 252 g/mol. The molecule has 1 amide bonds. The van der Waals surface area contributed by atoms with Gasteiger partial charge in [0, 0.05) is 23.7 Å². The Hall–Kier alpha value is -1.46. The van der Waals surface area contributed by atoms with Crippen molar-refractivity contribution in [3.05, 3.63) is 35.1 Å². The van der Waals surface area contributed by atoms with E-state index in [1.54, 1.807) is 6.07 Å². The van der Waals surface area contributed by atoms with Crippen LogP contribution in [0.25, 0.3) is 0 Å². The maximum Gasteiger partial charge on any atom is 0.248 e. The number of primary amides is 1. The van der Waals surface area contributed by atoms with Crippen LogP contribution in [0.5, 0.6) is 0 Å². The summed E-state index contributed by atoms with van der Waals surface area (Å²) < 4.78 is 13.8. The standard InChI is InChI=1S/C13H17FN2O2/c14-12-6-9(13(15)18)3-4-10(12)7-16-5-1-2-11(16)8-17/h3-4,6,11,17H,1-2,5,7-8H2,(H2,15,18)/t11-/m1/s1. The topological polar surface area (TPSA) is 66.6 Å². The minimum absolute atomic E-state index is 0.0982. The first-order chi connectivity index (χ1) is 8.61. The van der Waals surface area contributed by atoms with Crippen molar-refractivity contribution < 1.29 is 14.3 Å². The highest BCUT2D eigenvalue weighted by Crippen LogP contribution is 2.21. The lowest BCUT2D eigenvalue weighted by Crippen LogP contribution is -2.32. The van der Waals surface area contributed by atoms with Gasteiger partial charge in [-0.15, -0.1) is 0 Å². The van der Waals surface area contributed by atoms with Crippen LogP contribution in [0.1, 0.15) is 28.8 Å². The van der Waals surface area contributed by atoms with Crippen LogP contribution < -0.4 is 5.73 Å². The maximum atomic E-state index is 13.8. The van der Waals surface area contributed by atoms with Crippen molar-refractivity contribution in [3.63, 3.8) is 0 Å². The van der Waals surface area contributed by atoms with Crippen LogP contribution in [-0.2, 0) is 6.54 Å². The second-order valence-corrected chi connectivity index (χ2v) is 4.62. The fraction of sp³-hybridized carbons (Fsp3) is 0.462. The number of nitrogens with two attached hydrogens (primary N) is 1. The van der Waals surface area contributed by atoms with E-state index in [1.165, 1.54) is 12.1 Å². The third kappa shape index (κ3) is 2.68. The Balaban J connectivity index is 2.12. The molecule has 0 bridgehead atoms.